The Morgan fingerprint density at radius 2 is 1.82 bits per heavy atom. The Morgan fingerprint density at radius 1 is 1.05 bits per heavy atom. The minimum atomic E-state index is -0.402. The third-order valence-electron chi connectivity index (χ3n) is 7.43. The Bertz CT molecular complexity index is 1460. The molecule has 2 aromatic heterocycles. The summed E-state index contributed by atoms with van der Waals surface area (Å²) in [6.07, 6.45) is 6.53. The van der Waals surface area contributed by atoms with Gasteiger partial charge in [0.05, 0.1) is 23.6 Å². The van der Waals surface area contributed by atoms with E-state index in [1.807, 2.05) is 0 Å². The second-order valence-electron chi connectivity index (χ2n) is 9.93. The fraction of sp³-hybridized carbons (Fsp3) is 0.400. The van der Waals surface area contributed by atoms with Crippen LogP contribution in [0.4, 0.5) is 0 Å². The summed E-state index contributed by atoms with van der Waals surface area (Å²) in [5.41, 5.74) is 3.42. The van der Waals surface area contributed by atoms with E-state index in [9.17, 15) is 9.59 Å². The van der Waals surface area contributed by atoms with Crippen molar-refractivity contribution in [2.24, 2.45) is 0 Å². The summed E-state index contributed by atoms with van der Waals surface area (Å²) in [4.78, 5) is 28.7. The van der Waals surface area contributed by atoms with Crippen LogP contribution >= 0.6 is 11.8 Å². The fourth-order valence-corrected chi connectivity index (χ4v) is 6.49. The summed E-state index contributed by atoms with van der Waals surface area (Å²) in [6, 6.07) is 15.2. The van der Waals surface area contributed by atoms with Crippen LogP contribution in [-0.4, -0.2) is 43.9 Å². The van der Waals surface area contributed by atoms with Crippen LogP contribution in [0.15, 0.2) is 47.6 Å². The third kappa shape index (κ3) is 5.27. The second kappa shape index (κ2) is 11.6. The fourth-order valence-electron chi connectivity index (χ4n) is 5.59. The highest BCUT2D eigenvalue weighted by molar-refractivity contribution is 7.99. The number of benzene rings is 2. The highest BCUT2D eigenvalue weighted by Crippen LogP contribution is 2.34. The number of nitrogens with zero attached hydrogens (tertiary/aromatic N) is 3. The van der Waals surface area contributed by atoms with Gasteiger partial charge < -0.3 is 14.3 Å². The standard InChI is InChI=1S/C30H34N4O3S/c1-4-37-29(36)27-19(2)28(31-20(27)3)25(35)18-38-30-33-32-26(34(30)23-14-6-5-7-15-23)17-22-13-10-12-21-11-8-9-16-24(21)22/h8-13,16,23,31H,4-7,14-15,17-18H2,1-3H3. The Morgan fingerprint density at radius 3 is 2.61 bits per heavy atom. The number of rotatable bonds is 9. The zero-order valence-electron chi connectivity index (χ0n) is 22.3. The first-order valence-electron chi connectivity index (χ1n) is 13.4. The van der Waals surface area contributed by atoms with Crippen molar-refractivity contribution in [1.82, 2.24) is 19.7 Å². The van der Waals surface area contributed by atoms with E-state index in [0.717, 1.165) is 23.8 Å². The van der Waals surface area contributed by atoms with Gasteiger partial charge in [-0.25, -0.2) is 4.79 Å². The average molecular weight is 531 g/mol. The molecule has 0 spiro atoms. The van der Waals surface area contributed by atoms with Crippen molar-refractivity contribution in [2.75, 3.05) is 12.4 Å². The van der Waals surface area contributed by atoms with Crippen molar-refractivity contribution < 1.29 is 14.3 Å². The Hall–Kier alpha value is -3.39. The van der Waals surface area contributed by atoms with Gasteiger partial charge in [-0.2, -0.15) is 0 Å². The van der Waals surface area contributed by atoms with E-state index in [4.69, 9.17) is 4.74 Å². The topological polar surface area (TPSA) is 89.9 Å². The van der Waals surface area contributed by atoms with E-state index in [0.29, 0.717) is 41.6 Å². The summed E-state index contributed by atoms with van der Waals surface area (Å²) in [6.45, 7) is 5.65. The highest BCUT2D eigenvalue weighted by Gasteiger charge is 2.26. The smallest absolute Gasteiger partial charge is 0.340 e. The Kier molecular flexibility index (Phi) is 7.98. The number of hydrogen-bond donors (Lipinski definition) is 1. The first-order chi connectivity index (χ1) is 18.5. The number of aromatic amines is 1. The van der Waals surface area contributed by atoms with Crippen molar-refractivity contribution in [3.63, 3.8) is 0 Å². The molecule has 1 aliphatic rings. The van der Waals surface area contributed by atoms with Gasteiger partial charge in [-0.1, -0.05) is 73.5 Å². The molecule has 0 saturated heterocycles. The third-order valence-corrected chi connectivity index (χ3v) is 8.37. The predicted molar refractivity (Wildman–Crippen MR) is 150 cm³/mol. The number of thioether (sulfide) groups is 1. The van der Waals surface area contributed by atoms with Crippen LogP contribution in [0.25, 0.3) is 10.8 Å². The van der Waals surface area contributed by atoms with Crippen LogP contribution < -0.4 is 0 Å². The molecule has 5 rings (SSSR count). The van der Waals surface area contributed by atoms with Gasteiger partial charge in [0.2, 0.25) is 0 Å². The quantitative estimate of drug-likeness (QED) is 0.149. The summed E-state index contributed by atoms with van der Waals surface area (Å²) >= 11 is 1.42. The van der Waals surface area contributed by atoms with Gasteiger partial charge >= 0.3 is 5.97 Å². The maximum atomic E-state index is 13.3. The highest BCUT2D eigenvalue weighted by atomic mass is 32.2. The molecule has 0 bridgehead atoms. The van der Waals surface area contributed by atoms with Crippen LogP contribution in [0.2, 0.25) is 0 Å². The van der Waals surface area contributed by atoms with Gasteiger partial charge in [-0.3, -0.25) is 4.79 Å². The lowest BCUT2D eigenvalue weighted by molar-refractivity contribution is 0.0525. The lowest BCUT2D eigenvalue weighted by Gasteiger charge is -2.25. The van der Waals surface area contributed by atoms with E-state index in [1.165, 1.54) is 47.4 Å². The zero-order chi connectivity index (χ0) is 26.6. The number of H-pyrrole nitrogens is 1. The molecule has 0 unspecified atom stereocenters. The van der Waals surface area contributed by atoms with E-state index in [-0.39, 0.29) is 11.5 Å². The molecule has 1 N–H and O–H groups in total. The molecule has 2 aromatic carbocycles. The summed E-state index contributed by atoms with van der Waals surface area (Å²) < 4.78 is 7.46. The number of hydrogen-bond acceptors (Lipinski definition) is 6. The lowest BCUT2D eigenvalue weighted by atomic mass is 9.95. The molecular weight excluding hydrogens is 496 g/mol. The molecule has 7 nitrogen and oxygen atoms in total. The molecule has 1 aliphatic carbocycles. The molecule has 1 fully saturated rings. The number of nitrogens with one attached hydrogen (secondary N) is 1. The number of fused-ring (bicyclic) bond motifs is 1. The number of esters is 1. The predicted octanol–water partition coefficient (Wildman–Crippen LogP) is 6.62. The number of carbonyl (C=O) groups is 2. The van der Waals surface area contributed by atoms with E-state index in [2.05, 4.69) is 62.2 Å². The number of ketones is 1. The largest absolute Gasteiger partial charge is 0.462 e. The van der Waals surface area contributed by atoms with Crippen molar-refractivity contribution >= 4 is 34.3 Å². The molecule has 198 valence electrons. The van der Waals surface area contributed by atoms with Crippen molar-refractivity contribution in [3.8, 4) is 0 Å². The number of aryl methyl sites for hydroxylation is 1. The van der Waals surface area contributed by atoms with Gasteiger partial charge in [-0.05, 0) is 55.5 Å². The average Bonchev–Trinajstić information content (AvgIpc) is 3.47. The van der Waals surface area contributed by atoms with E-state index < -0.39 is 5.97 Å². The normalized spacial score (nSPS) is 14.2. The molecule has 1 saturated carbocycles. The van der Waals surface area contributed by atoms with Crippen LogP contribution in [0.1, 0.15) is 88.6 Å². The van der Waals surface area contributed by atoms with Gasteiger partial charge in [0.1, 0.15) is 5.82 Å². The molecule has 0 radical (unpaired) electrons. The molecule has 0 aliphatic heterocycles. The molecule has 0 atom stereocenters. The minimum Gasteiger partial charge on any atom is -0.462 e. The first kappa shape index (κ1) is 26.2. The van der Waals surface area contributed by atoms with Crippen molar-refractivity contribution in [2.45, 2.75) is 70.5 Å². The van der Waals surface area contributed by atoms with Crippen LogP contribution in [-0.2, 0) is 11.2 Å². The maximum absolute atomic E-state index is 13.3. The number of aromatic nitrogens is 4. The summed E-state index contributed by atoms with van der Waals surface area (Å²) in [7, 11) is 0. The van der Waals surface area contributed by atoms with E-state index in [1.54, 1.807) is 20.8 Å². The summed E-state index contributed by atoms with van der Waals surface area (Å²) in [5.74, 6) is 0.683. The Balaban J connectivity index is 1.40. The SMILES string of the molecule is CCOC(=O)c1c(C)[nH]c(C(=O)CSc2nnc(Cc3cccc4ccccc34)n2C2CCCCC2)c1C. The van der Waals surface area contributed by atoms with Gasteiger partial charge in [0, 0.05) is 18.2 Å². The number of carbonyl (C=O) groups excluding carboxylic acids is 2. The van der Waals surface area contributed by atoms with Gasteiger partial charge in [0.25, 0.3) is 0 Å². The van der Waals surface area contributed by atoms with E-state index >= 15 is 0 Å². The molecule has 0 amide bonds. The van der Waals surface area contributed by atoms with Crippen molar-refractivity contribution in [1.29, 1.82) is 0 Å². The minimum absolute atomic E-state index is 0.0695. The van der Waals surface area contributed by atoms with Crippen LogP contribution in [0.3, 0.4) is 0 Å². The maximum Gasteiger partial charge on any atom is 0.340 e. The van der Waals surface area contributed by atoms with Gasteiger partial charge in [-0.15, -0.1) is 10.2 Å². The molecule has 8 heteroatoms. The van der Waals surface area contributed by atoms with Crippen molar-refractivity contribution in [3.05, 3.63) is 76.4 Å². The second-order valence-corrected chi connectivity index (χ2v) is 10.9. The monoisotopic (exact) mass is 530 g/mol. The lowest BCUT2D eigenvalue weighted by Crippen LogP contribution is -2.17. The molecule has 38 heavy (non-hydrogen) atoms. The molecule has 2 heterocycles. The number of Topliss-reactive ketones (excluding diaryl/α,β-unsaturated/α-hetero) is 1. The van der Waals surface area contributed by atoms with Crippen LogP contribution in [0, 0.1) is 13.8 Å². The Labute approximate surface area is 227 Å². The first-order valence-corrected chi connectivity index (χ1v) is 14.4. The number of ether oxygens (including phenoxy) is 1. The summed E-state index contributed by atoms with van der Waals surface area (Å²) in [5, 5.41) is 12.4. The van der Waals surface area contributed by atoms with Crippen LogP contribution in [0.5, 0.6) is 0 Å². The molecular formula is C30H34N4O3S. The molecule has 4 aromatic rings. The van der Waals surface area contributed by atoms with Gasteiger partial charge in [0.15, 0.2) is 10.9 Å². The zero-order valence-corrected chi connectivity index (χ0v) is 23.1.